The van der Waals surface area contributed by atoms with Crippen LogP contribution in [0.15, 0.2) is 30.6 Å². The third-order valence-electron chi connectivity index (χ3n) is 2.07. The molecule has 0 aliphatic carbocycles. The SMILES string of the molecule is Cc1ccc(-n2cccn2)nc1C. The molecule has 0 fully saturated rings. The number of pyridine rings is 1. The highest BCUT2D eigenvalue weighted by atomic mass is 15.3. The molecule has 2 heterocycles. The zero-order chi connectivity index (χ0) is 9.26. The molecule has 0 radical (unpaired) electrons. The maximum Gasteiger partial charge on any atom is 0.153 e. The standard InChI is InChI=1S/C10H11N3/c1-8-4-5-10(12-9(8)2)13-7-3-6-11-13/h3-7H,1-2H3. The van der Waals surface area contributed by atoms with Crippen LogP contribution in [-0.2, 0) is 0 Å². The molecule has 2 aromatic rings. The minimum atomic E-state index is 0.869. The summed E-state index contributed by atoms with van der Waals surface area (Å²) in [4.78, 5) is 4.42. The van der Waals surface area contributed by atoms with E-state index in [4.69, 9.17) is 0 Å². The molecule has 0 amide bonds. The van der Waals surface area contributed by atoms with E-state index < -0.39 is 0 Å². The molecule has 0 atom stereocenters. The van der Waals surface area contributed by atoms with E-state index in [0.29, 0.717) is 0 Å². The Labute approximate surface area is 77.0 Å². The van der Waals surface area contributed by atoms with Crippen molar-refractivity contribution in [1.29, 1.82) is 0 Å². The second-order valence-corrected chi connectivity index (χ2v) is 3.02. The predicted molar refractivity (Wildman–Crippen MR) is 50.8 cm³/mol. The molecule has 0 spiro atoms. The minimum absolute atomic E-state index is 0.869. The van der Waals surface area contributed by atoms with Crippen LogP contribution in [-0.4, -0.2) is 14.8 Å². The summed E-state index contributed by atoms with van der Waals surface area (Å²) in [6.45, 7) is 4.05. The van der Waals surface area contributed by atoms with Crippen molar-refractivity contribution in [2.75, 3.05) is 0 Å². The Balaban J connectivity index is 2.49. The number of rotatable bonds is 1. The molecular formula is C10H11N3. The van der Waals surface area contributed by atoms with E-state index in [9.17, 15) is 0 Å². The van der Waals surface area contributed by atoms with Gasteiger partial charge in [-0.1, -0.05) is 6.07 Å². The third kappa shape index (κ3) is 1.45. The van der Waals surface area contributed by atoms with Gasteiger partial charge in [-0.3, -0.25) is 0 Å². The lowest BCUT2D eigenvalue weighted by molar-refractivity contribution is 0.838. The first-order valence-corrected chi connectivity index (χ1v) is 4.21. The Hall–Kier alpha value is -1.64. The van der Waals surface area contributed by atoms with Gasteiger partial charge in [0, 0.05) is 18.1 Å². The number of aryl methyl sites for hydroxylation is 2. The fraction of sp³-hybridized carbons (Fsp3) is 0.200. The van der Waals surface area contributed by atoms with Crippen molar-refractivity contribution in [3.63, 3.8) is 0 Å². The predicted octanol–water partition coefficient (Wildman–Crippen LogP) is 1.88. The van der Waals surface area contributed by atoms with Crippen LogP contribution in [0, 0.1) is 13.8 Å². The molecule has 3 nitrogen and oxygen atoms in total. The Bertz CT molecular complexity index is 404. The molecule has 0 aliphatic heterocycles. The molecule has 0 saturated heterocycles. The summed E-state index contributed by atoms with van der Waals surface area (Å²) in [6, 6.07) is 5.91. The summed E-state index contributed by atoms with van der Waals surface area (Å²) in [7, 11) is 0. The van der Waals surface area contributed by atoms with Crippen LogP contribution in [0.25, 0.3) is 5.82 Å². The summed E-state index contributed by atoms with van der Waals surface area (Å²) in [5.41, 5.74) is 2.25. The highest BCUT2D eigenvalue weighted by molar-refractivity contribution is 5.28. The largest absolute Gasteiger partial charge is 0.234 e. The van der Waals surface area contributed by atoms with E-state index in [1.54, 1.807) is 10.9 Å². The smallest absolute Gasteiger partial charge is 0.153 e. The molecule has 2 aromatic heterocycles. The van der Waals surface area contributed by atoms with Crippen LogP contribution >= 0.6 is 0 Å². The minimum Gasteiger partial charge on any atom is -0.234 e. The maximum atomic E-state index is 4.42. The van der Waals surface area contributed by atoms with Gasteiger partial charge in [-0.2, -0.15) is 5.10 Å². The van der Waals surface area contributed by atoms with Gasteiger partial charge in [0.25, 0.3) is 0 Å². The van der Waals surface area contributed by atoms with Crippen LogP contribution in [0.3, 0.4) is 0 Å². The number of nitrogens with zero attached hydrogens (tertiary/aromatic N) is 3. The summed E-state index contributed by atoms with van der Waals surface area (Å²) in [6.07, 6.45) is 3.63. The monoisotopic (exact) mass is 173 g/mol. The molecule has 0 aromatic carbocycles. The summed E-state index contributed by atoms with van der Waals surface area (Å²) in [5.74, 6) is 0.869. The van der Waals surface area contributed by atoms with Crippen molar-refractivity contribution < 1.29 is 0 Å². The second-order valence-electron chi connectivity index (χ2n) is 3.02. The highest BCUT2D eigenvalue weighted by Gasteiger charge is 1.99. The summed E-state index contributed by atoms with van der Waals surface area (Å²) >= 11 is 0. The number of aromatic nitrogens is 3. The zero-order valence-corrected chi connectivity index (χ0v) is 7.73. The van der Waals surface area contributed by atoms with E-state index in [1.165, 1.54) is 5.56 Å². The fourth-order valence-corrected chi connectivity index (χ4v) is 1.15. The van der Waals surface area contributed by atoms with E-state index in [0.717, 1.165) is 11.5 Å². The van der Waals surface area contributed by atoms with Gasteiger partial charge in [0.05, 0.1) is 0 Å². The first-order valence-electron chi connectivity index (χ1n) is 4.21. The topological polar surface area (TPSA) is 30.7 Å². The van der Waals surface area contributed by atoms with Gasteiger partial charge < -0.3 is 0 Å². The van der Waals surface area contributed by atoms with Crippen molar-refractivity contribution >= 4 is 0 Å². The van der Waals surface area contributed by atoms with Gasteiger partial charge in [0.15, 0.2) is 5.82 Å². The van der Waals surface area contributed by atoms with E-state index in [-0.39, 0.29) is 0 Å². The van der Waals surface area contributed by atoms with E-state index in [2.05, 4.69) is 23.1 Å². The van der Waals surface area contributed by atoms with Gasteiger partial charge in [0.2, 0.25) is 0 Å². The Morgan fingerprint density at radius 1 is 1.23 bits per heavy atom. The molecule has 0 saturated carbocycles. The Kier molecular flexibility index (Phi) is 1.85. The lowest BCUT2D eigenvalue weighted by Gasteiger charge is -2.03. The van der Waals surface area contributed by atoms with Gasteiger partial charge in [-0.25, -0.2) is 9.67 Å². The second kappa shape index (κ2) is 3.01. The van der Waals surface area contributed by atoms with Gasteiger partial charge in [0.1, 0.15) is 0 Å². The van der Waals surface area contributed by atoms with Crippen LogP contribution in [0.4, 0.5) is 0 Å². The summed E-state index contributed by atoms with van der Waals surface area (Å²) in [5, 5.41) is 4.11. The number of hydrogen-bond donors (Lipinski definition) is 0. The van der Waals surface area contributed by atoms with Crippen molar-refractivity contribution in [3.05, 3.63) is 41.9 Å². The fourth-order valence-electron chi connectivity index (χ4n) is 1.15. The van der Waals surface area contributed by atoms with Gasteiger partial charge in [-0.05, 0) is 31.5 Å². The lowest BCUT2D eigenvalue weighted by atomic mass is 10.2. The Morgan fingerprint density at radius 2 is 2.08 bits per heavy atom. The van der Waals surface area contributed by atoms with Crippen molar-refractivity contribution in [1.82, 2.24) is 14.8 Å². The van der Waals surface area contributed by atoms with Gasteiger partial charge in [-0.15, -0.1) is 0 Å². The normalized spacial score (nSPS) is 10.3. The first-order chi connectivity index (χ1) is 6.27. The molecule has 0 N–H and O–H groups in total. The highest BCUT2D eigenvalue weighted by Crippen LogP contribution is 2.07. The molecule has 2 rings (SSSR count). The van der Waals surface area contributed by atoms with Crippen LogP contribution in [0.2, 0.25) is 0 Å². The van der Waals surface area contributed by atoms with E-state index >= 15 is 0 Å². The number of hydrogen-bond acceptors (Lipinski definition) is 2. The lowest BCUT2D eigenvalue weighted by Crippen LogP contribution is -1.99. The van der Waals surface area contributed by atoms with Crippen molar-refractivity contribution in [2.45, 2.75) is 13.8 Å². The average Bonchev–Trinajstić information content (AvgIpc) is 2.62. The van der Waals surface area contributed by atoms with Crippen molar-refractivity contribution in [3.8, 4) is 5.82 Å². The zero-order valence-electron chi connectivity index (χ0n) is 7.73. The quantitative estimate of drug-likeness (QED) is 0.659. The van der Waals surface area contributed by atoms with Gasteiger partial charge >= 0.3 is 0 Å². The molecule has 66 valence electrons. The molecule has 0 unspecified atom stereocenters. The first kappa shape index (κ1) is 7.98. The van der Waals surface area contributed by atoms with Crippen LogP contribution in [0.5, 0.6) is 0 Å². The Morgan fingerprint density at radius 3 is 2.69 bits per heavy atom. The average molecular weight is 173 g/mol. The molecule has 0 bridgehead atoms. The molecular weight excluding hydrogens is 162 g/mol. The van der Waals surface area contributed by atoms with Crippen LogP contribution < -0.4 is 0 Å². The molecule has 13 heavy (non-hydrogen) atoms. The maximum absolute atomic E-state index is 4.42. The van der Waals surface area contributed by atoms with Crippen molar-refractivity contribution in [2.24, 2.45) is 0 Å². The van der Waals surface area contributed by atoms with Crippen LogP contribution in [0.1, 0.15) is 11.3 Å². The third-order valence-corrected chi connectivity index (χ3v) is 2.07. The molecule has 0 aliphatic rings. The summed E-state index contributed by atoms with van der Waals surface area (Å²) < 4.78 is 1.76. The van der Waals surface area contributed by atoms with E-state index in [1.807, 2.05) is 25.3 Å². The molecule has 3 heteroatoms.